The van der Waals surface area contributed by atoms with E-state index in [1.165, 1.54) is 0 Å². The molecule has 0 fully saturated rings. The van der Waals surface area contributed by atoms with Crippen LogP contribution in [0.1, 0.15) is 11.1 Å². The van der Waals surface area contributed by atoms with Gasteiger partial charge in [-0.1, -0.05) is 37.5 Å². The van der Waals surface area contributed by atoms with Gasteiger partial charge in [-0.05, 0) is 17.7 Å². The molecule has 0 unspecified atom stereocenters. The summed E-state index contributed by atoms with van der Waals surface area (Å²) in [4.78, 5) is 0. The third kappa shape index (κ3) is 3.38. The van der Waals surface area contributed by atoms with Crippen molar-refractivity contribution in [3.05, 3.63) is 41.1 Å². The minimum atomic E-state index is -1.40. The Morgan fingerprint density at radius 1 is 1.12 bits per heavy atom. The highest BCUT2D eigenvalue weighted by molar-refractivity contribution is 6.81. The van der Waals surface area contributed by atoms with E-state index in [0.29, 0.717) is 11.1 Å². The van der Waals surface area contributed by atoms with E-state index >= 15 is 0 Å². The molecule has 0 aromatic heterocycles. The van der Waals surface area contributed by atoms with Crippen LogP contribution in [0.3, 0.4) is 0 Å². The zero-order valence-electron chi connectivity index (χ0n) is 9.78. The Hall–Kier alpha value is -1.84. The van der Waals surface area contributed by atoms with Crippen LogP contribution in [-0.4, -0.2) is 8.07 Å². The lowest BCUT2D eigenvalue weighted by Gasteiger charge is -2.10. The third-order valence-corrected chi connectivity index (χ3v) is 3.18. The Morgan fingerprint density at radius 2 is 1.69 bits per heavy atom. The Bertz CT molecular complexity index is 479. The molecule has 1 aromatic rings. The van der Waals surface area contributed by atoms with Crippen LogP contribution in [0.4, 0.5) is 0 Å². The van der Waals surface area contributed by atoms with E-state index < -0.39 is 8.07 Å². The summed E-state index contributed by atoms with van der Waals surface area (Å²) in [6.07, 6.45) is 0. The summed E-state index contributed by atoms with van der Waals surface area (Å²) in [6, 6.07) is 11.4. The molecule has 1 aromatic carbocycles. The first-order valence-electron chi connectivity index (χ1n) is 5.10. The van der Waals surface area contributed by atoms with Crippen LogP contribution in [0.25, 0.3) is 5.57 Å². The van der Waals surface area contributed by atoms with E-state index in [1.54, 1.807) is 12.1 Å². The molecule has 0 atom stereocenters. The summed E-state index contributed by atoms with van der Waals surface area (Å²) in [6.45, 7) is 6.57. The van der Waals surface area contributed by atoms with Gasteiger partial charge < -0.3 is 0 Å². The number of nitriles is 2. The molecule has 0 spiro atoms. The van der Waals surface area contributed by atoms with E-state index in [1.807, 2.05) is 12.1 Å². The molecule has 0 heterocycles. The zero-order valence-corrected chi connectivity index (χ0v) is 10.8. The summed E-state index contributed by atoms with van der Waals surface area (Å²) in [5, 5.41) is 17.8. The highest BCUT2D eigenvalue weighted by atomic mass is 28.3. The Kier molecular flexibility index (Phi) is 3.66. The second-order valence-electron chi connectivity index (χ2n) is 4.72. The van der Waals surface area contributed by atoms with Crippen LogP contribution >= 0.6 is 0 Å². The number of hydrogen-bond acceptors (Lipinski definition) is 2. The minimum absolute atomic E-state index is 0.619. The molecule has 0 saturated heterocycles. The van der Waals surface area contributed by atoms with Crippen LogP contribution in [0, 0.1) is 22.7 Å². The van der Waals surface area contributed by atoms with Crippen molar-refractivity contribution in [1.82, 2.24) is 0 Å². The normalized spacial score (nSPS) is 11.7. The minimum Gasteiger partial charge on any atom is -0.192 e. The first-order chi connectivity index (χ1) is 7.46. The van der Waals surface area contributed by atoms with E-state index in [2.05, 4.69) is 37.5 Å². The maximum atomic E-state index is 9.11. The third-order valence-electron chi connectivity index (χ3n) is 2.02. The van der Waals surface area contributed by atoms with Crippen molar-refractivity contribution in [2.24, 2.45) is 0 Å². The summed E-state index contributed by atoms with van der Waals surface area (Å²) >= 11 is 0. The van der Waals surface area contributed by atoms with E-state index in [-0.39, 0.29) is 0 Å². The molecule has 16 heavy (non-hydrogen) atoms. The summed E-state index contributed by atoms with van der Waals surface area (Å²) in [7, 11) is -1.40. The molecule has 0 amide bonds. The number of benzene rings is 1. The SMILES string of the molecule is C[Si](C)(C)/C=C(\C#N)c1ccc(C#N)cc1. The highest BCUT2D eigenvalue weighted by Gasteiger charge is 2.12. The Balaban J connectivity index is 3.13. The second kappa shape index (κ2) is 4.79. The van der Waals surface area contributed by atoms with Crippen molar-refractivity contribution in [3.8, 4) is 12.1 Å². The van der Waals surface area contributed by atoms with Crippen LogP contribution in [0.2, 0.25) is 19.6 Å². The van der Waals surface area contributed by atoms with Crippen molar-refractivity contribution in [2.75, 3.05) is 0 Å². The molecule has 0 aliphatic rings. The van der Waals surface area contributed by atoms with Crippen molar-refractivity contribution >= 4 is 13.6 Å². The lowest BCUT2D eigenvalue weighted by Crippen LogP contribution is -2.16. The fourth-order valence-electron chi connectivity index (χ4n) is 1.34. The summed E-state index contributed by atoms with van der Waals surface area (Å²) in [5.74, 6) is 0. The fourth-order valence-corrected chi connectivity index (χ4v) is 2.43. The monoisotopic (exact) mass is 226 g/mol. The summed E-state index contributed by atoms with van der Waals surface area (Å²) in [5.41, 5.74) is 4.30. The molecule has 3 heteroatoms. The molecule has 0 radical (unpaired) electrons. The van der Waals surface area contributed by atoms with E-state index in [4.69, 9.17) is 10.5 Å². The lowest BCUT2D eigenvalue weighted by molar-refractivity contribution is 1.47. The van der Waals surface area contributed by atoms with Crippen molar-refractivity contribution in [3.63, 3.8) is 0 Å². The van der Waals surface area contributed by atoms with Gasteiger partial charge in [0.15, 0.2) is 0 Å². The zero-order chi connectivity index (χ0) is 12.2. The average molecular weight is 226 g/mol. The molecule has 0 aliphatic heterocycles. The smallest absolute Gasteiger partial charge is 0.0991 e. The van der Waals surface area contributed by atoms with Gasteiger partial charge in [0.1, 0.15) is 0 Å². The van der Waals surface area contributed by atoms with Gasteiger partial charge in [0.05, 0.1) is 31.3 Å². The molecule has 0 saturated carbocycles. The standard InChI is InChI=1S/C13H14N2Si/c1-16(2,3)10-13(9-15)12-6-4-11(8-14)5-7-12/h4-7,10H,1-3H3/b13-10+. The first-order valence-corrected chi connectivity index (χ1v) is 8.67. The van der Waals surface area contributed by atoms with Gasteiger partial charge in [-0.3, -0.25) is 0 Å². The number of nitrogens with zero attached hydrogens (tertiary/aromatic N) is 2. The fraction of sp³-hybridized carbons (Fsp3) is 0.231. The van der Waals surface area contributed by atoms with Gasteiger partial charge in [-0.25, -0.2) is 0 Å². The average Bonchev–Trinajstić information content (AvgIpc) is 2.25. The highest BCUT2D eigenvalue weighted by Crippen LogP contribution is 2.18. The van der Waals surface area contributed by atoms with Gasteiger partial charge in [0.25, 0.3) is 0 Å². The van der Waals surface area contributed by atoms with Gasteiger partial charge in [0, 0.05) is 0 Å². The van der Waals surface area contributed by atoms with Crippen molar-refractivity contribution in [1.29, 1.82) is 10.5 Å². The molecule has 0 bridgehead atoms. The number of hydrogen-bond donors (Lipinski definition) is 0. The van der Waals surface area contributed by atoms with Gasteiger partial charge >= 0.3 is 0 Å². The lowest BCUT2D eigenvalue weighted by atomic mass is 10.1. The van der Waals surface area contributed by atoms with Gasteiger partial charge in [-0.15, -0.1) is 0 Å². The maximum absolute atomic E-state index is 9.11. The quantitative estimate of drug-likeness (QED) is 0.573. The van der Waals surface area contributed by atoms with E-state index in [9.17, 15) is 0 Å². The molecule has 0 N–H and O–H groups in total. The molecular formula is C13H14N2Si. The number of rotatable bonds is 2. The van der Waals surface area contributed by atoms with Crippen LogP contribution in [0.15, 0.2) is 30.0 Å². The molecule has 80 valence electrons. The molecule has 0 aliphatic carbocycles. The largest absolute Gasteiger partial charge is 0.192 e. The Labute approximate surface area is 97.5 Å². The van der Waals surface area contributed by atoms with Crippen molar-refractivity contribution in [2.45, 2.75) is 19.6 Å². The van der Waals surface area contributed by atoms with Gasteiger partial charge in [0.2, 0.25) is 0 Å². The van der Waals surface area contributed by atoms with E-state index in [0.717, 1.165) is 5.56 Å². The molecular weight excluding hydrogens is 212 g/mol. The van der Waals surface area contributed by atoms with Crippen LogP contribution < -0.4 is 0 Å². The Morgan fingerprint density at radius 3 is 2.06 bits per heavy atom. The number of allylic oxidation sites excluding steroid dienone is 1. The molecule has 2 nitrogen and oxygen atoms in total. The van der Waals surface area contributed by atoms with Gasteiger partial charge in [-0.2, -0.15) is 10.5 Å². The first kappa shape index (κ1) is 12.2. The second-order valence-corrected chi connectivity index (χ2v) is 9.75. The predicted octanol–water partition coefficient (Wildman–Crippen LogP) is 3.34. The molecule has 1 rings (SSSR count). The topological polar surface area (TPSA) is 47.6 Å². The summed E-state index contributed by atoms with van der Waals surface area (Å²) < 4.78 is 0. The van der Waals surface area contributed by atoms with Crippen molar-refractivity contribution < 1.29 is 0 Å². The van der Waals surface area contributed by atoms with Crippen LogP contribution in [0.5, 0.6) is 0 Å². The maximum Gasteiger partial charge on any atom is 0.0991 e. The van der Waals surface area contributed by atoms with Crippen LogP contribution in [-0.2, 0) is 0 Å². The predicted molar refractivity (Wildman–Crippen MR) is 68.1 cm³/mol.